The number of fused-ring (bicyclic) bond motifs is 3. The van der Waals surface area contributed by atoms with E-state index in [1.807, 2.05) is 19.9 Å². The first kappa shape index (κ1) is 20.9. The van der Waals surface area contributed by atoms with E-state index in [4.69, 9.17) is 4.74 Å². The number of ketones is 1. The third-order valence-electron chi connectivity index (χ3n) is 8.30. The Morgan fingerprint density at radius 2 is 2.10 bits per heavy atom. The highest BCUT2D eigenvalue weighted by Crippen LogP contribution is 2.64. The van der Waals surface area contributed by atoms with E-state index in [-0.39, 0.29) is 28.8 Å². The Bertz CT molecular complexity index is 1040. The molecule has 1 N–H and O–H groups in total. The van der Waals surface area contributed by atoms with Gasteiger partial charge in [0.1, 0.15) is 11.9 Å². The van der Waals surface area contributed by atoms with Crippen LogP contribution in [0.1, 0.15) is 51.5 Å². The zero-order valence-electron chi connectivity index (χ0n) is 18.1. The molecule has 0 aromatic heterocycles. The predicted molar refractivity (Wildman–Crippen MR) is 117 cm³/mol. The van der Waals surface area contributed by atoms with E-state index in [9.17, 15) is 18.0 Å². The van der Waals surface area contributed by atoms with Gasteiger partial charge in [0.15, 0.2) is 0 Å². The molecule has 31 heavy (non-hydrogen) atoms. The summed E-state index contributed by atoms with van der Waals surface area (Å²) in [5.74, 6) is 0.122. The van der Waals surface area contributed by atoms with Gasteiger partial charge in [0, 0.05) is 25.3 Å². The highest BCUT2D eigenvalue weighted by molar-refractivity contribution is 7.92. The van der Waals surface area contributed by atoms with Crippen LogP contribution in [0.2, 0.25) is 0 Å². The maximum Gasteiger partial charge on any atom is 0.256 e. The number of hydrogen-bond donors (Lipinski definition) is 1. The standard InChI is InChI=1S/C23H30N2O5S/c1-22(2)16-7-9-23(22,20(26)12-16)14-31(28,29)24-17-6-5-15-8-10-25(18(15)13-17)21(27)19-4-3-11-30-19/h5-6,13,16,19,24H,3-4,7-12,14H2,1-2H3. The predicted octanol–water partition coefficient (Wildman–Crippen LogP) is 2.89. The van der Waals surface area contributed by atoms with Crippen LogP contribution in [0.25, 0.3) is 0 Å². The molecule has 4 aliphatic rings. The van der Waals surface area contributed by atoms with Crippen molar-refractivity contribution in [3.63, 3.8) is 0 Å². The molecule has 2 saturated carbocycles. The van der Waals surface area contributed by atoms with Crippen molar-refractivity contribution < 1.29 is 22.7 Å². The van der Waals surface area contributed by atoms with Gasteiger partial charge in [0.25, 0.3) is 5.91 Å². The number of rotatable bonds is 5. The monoisotopic (exact) mass is 446 g/mol. The van der Waals surface area contributed by atoms with Crippen molar-refractivity contribution in [3.8, 4) is 0 Å². The second kappa shape index (κ2) is 7.04. The summed E-state index contributed by atoms with van der Waals surface area (Å²) in [6, 6.07) is 5.36. The second-order valence-electron chi connectivity index (χ2n) is 10.1. The van der Waals surface area contributed by atoms with Crippen molar-refractivity contribution in [1.82, 2.24) is 0 Å². The van der Waals surface area contributed by atoms with Gasteiger partial charge in [-0.2, -0.15) is 0 Å². The summed E-state index contributed by atoms with van der Waals surface area (Å²) >= 11 is 0. The fourth-order valence-corrected chi connectivity index (χ4v) is 8.15. The maximum atomic E-state index is 13.1. The lowest BCUT2D eigenvalue weighted by Gasteiger charge is -2.36. The zero-order chi connectivity index (χ0) is 22.0. The molecule has 2 aliphatic heterocycles. The summed E-state index contributed by atoms with van der Waals surface area (Å²) in [6.07, 6.45) is 3.98. The average molecular weight is 447 g/mol. The second-order valence-corrected chi connectivity index (χ2v) is 11.8. The van der Waals surface area contributed by atoms with Gasteiger partial charge in [-0.15, -0.1) is 0 Å². The minimum atomic E-state index is -3.74. The fraction of sp³-hybridized carbons (Fsp3) is 0.652. The first-order valence-electron chi connectivity index (χ1n) is 11.2. The van der Waals surface area contributed by atoms with Crippen LogP contribution < -0.4 is 9.62 Å². The van der Waals surface area contributed by atoms with Crippen molar-refractivity contribution in [3.05, 3.63) is 23.8 Å². The summed E-state index contributed by atoms with van der Waals surface area (Å²) in [6.45, 7) is 5.26. The molecule has 0 radical (unpaired) electrons. The Hall–Kier alpha value is -1.93. The highest BCUT2D eigenvalue weighted by atomic mass is 32.2. The van der Waals surface area contributed by atoms with E-state index >= 15 is 0 Å². The number of nitrogens with one attached hydrogen (secondary N) is 1. The van der Waals surface area contributed by atoms with Crippen molar-refractivity contribution >= 4 is 33.1 Å². The van der Waals surface area contributed by atoms with Gasteiger partial charge >= 0.3 is 0 Å². The first-order valence-corrected chi connectivity index (χ1v) is 12.9. The smallest absolute Gasteiger partial charge is 0.256 e. The molecule has 1 amide bonds. The molecule has 2 heterocycles. The van der Waals surface area contributed by atoms with Crippen LogP contribution in [0.5, 0.6) is 0 Å². The van der Waals surface area contributed by atoms with Gasteiger partial charge in [-0.05, 0) is 61.1 Å². The molecule has 1 saturated heterocycles. The molecule has 2 bridgehead atoms. The van der Waals surface area contributed by atoms with Gasteiger partial charge in [0.05, 0.1) is 16.9 Å². The quantitative estimate of drug-likeness (QED) is 0.751. The topological polar surface area (TPSA) is 92.8 Å². The van der Waals surface area contributed by atoms with E-state index in [0.717, 1.165) is 36.9 Å². The number of benzene rings is 1. The Morgan fingerprint density at radius 1 is 1.29 bits per heavy atom. The van der Waals surface area contributed by atoms with Gasteiger partial charge < -0.3 is 9.64 Å². The molecule has 3 fully saturated rings. The van der Waals surface area contributed by atoms with Gasteiger partial charge in [-0.1, -0.05) is 19.9 Å². The van der Waals surface area contributed by atoms with E-state index in [2.05, 4.69) is 4.72 Å². The molecule has 168 valence electrons. The van der Waals surface area contributed by atoms with E-state index in [1.54, 1.807) is 17.0 Å². The van der Waals surface area contributed by atoms with Crippen molar-refractivity contribution in [2.75, 3.05) is 28.5 Å². The lowest BCUT2D eigenvalue weighted by molar-refractivity contribution is -0.128. The lowest BCUT2D eigenvalue weighted by Crippen LogP contribution is -2.43. The Balaban J connectivity index is 1.37. The lowest BCUT2D eigenvalue weighted by atomic mass is 9.70. The normalized spacial score (nSPS) is 31.3. The number of amides is 1. The van der Waals surface area contributed by atoms with Gasteiger partial charge in [-0.25, -0.2) is 8.42 Å². The Morgan fingerprint density at radius 3 is 2.74 bits per heavy atom. The molecule has 3 unspecified atom stereocenters. The third kappa shape index (κ3) is 3.21. The summed E-state index contributed by atoms with van der Waals surface area (Å²) in [4.78, 5) is 27.3. The molecular formula is C23H30N2O5S. The van der Waals surface area contributed by atoms with E-state index in [0.29, 0.717) is 31.7 Å². The highest BCUT2D eigenvalue weighted by Gasteiger charge is 2.65. The molecule has 2 aliphatic carbocycles. The minimum Gasteiger partial charge on any atom is -0.368 e. The van der Waals surface area contributed by atoms with Gasteiger partial charge in [0.2, 0.25) is 10.0 Å². The Kier molecular flexibility index (Phi) is 4.75. The Labute approximate surface area is 183 Å². The van der Waals surface area contributed by atoms with Crippen LogP contribution in [-0.4, -0.2) is 45.1 Å². The fourth-order valence-electron chi connectivity index (χ4n) is 6.27. The molecular weight excluding hydrogens is 416 g/mol. The number of anilines is 2. The summed E-state index contributed by atoms with van der Waals surface area (Å²) in [5.41, 5.74) is 1.10. The number of sulfonamides is 1. The molecule has 1 aromatic rings. The number of carbonyl (C=O) groups is 2. The van der Waals surface area contributed by atoms with Crippen LogP contribution in [0.3, 0.4) is 0 Å². The largest absolute Gasteiger partial charge is 0.368 e. The van der Waals surface area contributed by atoms with Crippen LogP contribution in [0, 0.1) is 16.7 Å². The van der Waals surface area contributed by atoms with Crippen LogP contribution in [0.15, 0.2) is 18.2 Å². The van der Waals surface area contributed by atoms with E-state index in [1.165, 1.54) is 0 Å². The molecule has 7 nitrogen and oxygen atoms in total. The number of carbonyl (C=O) groups excluding carboxylic acids is 2. The molecule has 8 heteroatoms. The number of hydrogen-bond acceptors (Lipinski definition) is 5. The average Bonchev–Trinajstić information content (AvgIpc) is 3.44. The van der Waals surface area contributed by atoms with Crippen molar-refractivity contribution in [1.29, 1.82) is 0 Å². The summed E-state index contributed by atoms with van der Waals surface area (Å²) in [5, 5.41) is 0. The van der Waals surface area contributed by atoms with Gasteiger partial charge in [-0.3, -0.25) is 14.3 Å². The van der Waals surface area contributed by atoms with Crippen LogP contribution in [0.4, 0.5) is 11.4 Å². The molecule has 5 rings (SSSR count). The summed E-state index contributed by atoms with van der Waals surface area (Å²) < 4.78 is 34.5. The van der Waals surface area contributed by atoms with Crippen LogP contribution in [-0.2, 0) is 30.8 Å². The zero-order valence-corrected chi connectivity index (χ0v) is 19.0. The van der Waals surface area contributed by atoms with Crippen molar-refractivity contribution in [2.24, 2.45) is 16.7 Å². The number of nitrogens with zero attached hydrogens (tertiary/aromatic N) is 1. The summed E-state index contributed by atoms with van der Waals surface area (Å²) in [7, 11) is -3.74. The molecule has 0 spiro atoms. The maximum absolute atomic E-state index is 13.1. The minimum absolute atomic E-state index is 0.0505. The molecule has 1 aromatic carbocycles. The first-order chi connectivity index (χ1) is 14.6. The third-order valence-corrected chi connectivity index (χ3v) is 9.72. The van der Waals surface area contributed by atoms with Crippen LogP contribution >= 0.6 is 0 Å². The SMILES string of the molecule is CC1(C)C2CCC1(CS(=O)(=O)Nc1ccc3c(c1)N(C(=O)C1CCCO1)CC3)C(=O)C2. The van der Waals surface area contributed by atoms with E-state index < -0.39 is 21.5 Å². The van der Waals surface area contributed by atoms with Crippen molar-refractivity contribution in [2.45, 2.75) is 58.5 Å². The molecule has 3 atom stereocenters. The number of ether oxygens (including phenoxy) is 1. The number of Topliss-reactive ketones (excluding diaryl/α,β-unsaturated/α-hetero) is 1.